The van der Waals surface area contributed by atoms with E-state index < -0.39 is 4.92 Å². The maximum Gasteiger partial charge on any atom is 0.324 e. The Morgan fingerprint density at radius 3 is 2.68 bits per heavy atom. The van der Waals surface area contributed by atoms with Crippen LogP contribution in [0.1, 0.15) is 10.4 Å². The molecule has 0 spiro atoms. The molecule has 2 rings (SSSR count). The summed E-state index contributed by atoms with van der Waals surface area (Å²) in [5, 5.41) is 14.4. The van der Waals surface area contributed by atoms with Crippen LogP contribution in [0.4, 0.5) is 5.00 Å². The van der Waals surface area contributed by atoms with Crippen molar-refractivity contribution >= 4 is 28.5 Å². The van der Waals surface area contributed by atoms with Gasteiger partial charge in [-0.05, 0) is 23.8 Å². The number of methoxy groups -OCH3 is 1. The van der Waals surface area contributed by atoms with Crippen molar-refractivity contribution in [3.63, 3.8) is 0 Å². The number of carbonyl (C=O) groups is 1. The zero-order valence-electron chi connectivity index (χ0n) is 11.7. The molecule has 0 fully saturated rings. The van der Waals surface area contributed by atoms with Crippen LogP contribution in [0.5, 0.6) is 5.75 Å². The van der Waals surface area contributed by atoms with Crippen LogP contribution in [0.2, 0.25) is 0 Å². The summed E-state index contributed by atoms with van der Waals surface area (Å²) in [7, 11) is 1.57. The molecule has 114 valence electrons. The van der Waals surface area contributed by atoms with Crippen molar-refractivity contribution in [3.05, 3.63) is 57.0 Å². The monoisotopic (exact) mass is 319 g/mol. The van der Waals surface area contributed by atoms with Crippen molar-refractivity contribution in [1.29, 1.82) is 0 Å². The van der Waals surface area contributed by atoms with Crippen molar-refractivity contribution < 1.29 is 14.5 Å². The molecule has 0 atom stereocenters. The Morgan fingerprint density at radius 1 is 1.36 bits per heavy atom. The van der Waals surface area contributed by atoms with Gasteiger partial charge >= 0.3 is 5.00 Å². The minimum absolute atomic E-state index is 0.0333. The van der Waals surface area contributed by atoms with Gasteiger partial charge in [-0.2, -0.15) is 5.10 Å². The van der Waals surface area contributed by atoms with Gasteiger partial charge in [-0.1, -0.05) is 23.5 Å². The van der Waals surface area contributed by atoms with Crippen molar-refractivity contribution in [1.82, 2.24) is 5.43 Å². The SMILES string of the molecule is COc1ccc(CC(=O)NN=Cc2ccc([N+](=O)[O-])s2)cc1. The third-order valence-electron chi connectivity index (χ3n) is 2.70. The predicted molar refractivity (Wildman–Crippen MR) is 83.4 cm³/mol. The molecule has 2 aromatic rings. The van der Waals surface area contributed by atoms with Gasteiger partial charge in [-0.15, -0.1) is 0 Å². The van der Waals surface area contributed by atoms with Gasteiger partial charge in [-0.25, -0.2) is 5.43 Å². The predicted octanol–water partition coefficient (Wildman–Crippen LogP) is 2.36. The molecule has 0 saturated heterocycles. The molecule has 1 aromatic carbocycles. The van der Waals surface area contributed by atoms with E-state index >= 15 is 0 Å². The Hall–Kier alpha value is -2.74. The molecular weight excluding hydrogens is 306 g/mol. The first-order valence-electron chi connectivity index (χ1n) is 6.27. The number of amides is 1. The van der Waals surface area contributed by atoms with E-state index in [1.165, 1.54) is 12.3 Å². The van der Waals surface area contributed by atoms with Crippen LogP contribution in [0, 0.1) is 10.1 Å². The number of nitrogens with zero attached hydrogens (tertiary/aromatic N) is 2. The molecule has 0 aliphatic carbocycles. The van der Waals surface area contributed by atoms with E-state index in [9.17, 15) is 14.9 Å². The molecule has 8 heteroatoms. The van der Waals surface area contributed by atoms with Crippen LogP contribution in [0.25, 0.3) is 0 Å². The topological polar surface area (TPSA) is 93.8 Å². The van der Waals surface area contributed by atoms with Gasteiger partial charge in [-0.3, -0.25) is 14.9 Å². The highest BCUT2D eigenvalue weighted by molar-refractivity contribution is 7.16. The number of rotatable bonds is 6. The molecular formula is C14H13N3O4S. The number of nitro groups is 1. The second-order valence-corrected chi connectivity index (χ2v) is 5.34. The van der Waals surface area contributed by atoms with Gasteiger partial charge in [0.1, 0.15) is 5.75 Å². The van der Waals surface area contributed by atoms with E-state index in [-0.39, 0.29) is 17.3 Å². The first-order chi connectivity index (χ1) is 10.6. The van der Waals surface area contributed by atoms with Gasteiger partial charge in [0.2, 0.25) is 5.91 Å². The number of nitrogens with one attached hydrogen (secondary N) is 1. The molecule has 1 aromatic heterocycles. The van der Waals surface area contributed by atoms with Gasteiger partial charge in [0.25, 0.3) is 0 Å². The van der Waals surface area contributed by atoms with Crippen molar-refractivity contribution in [3.8, 4) is 5.75 Å². The Labute approximate surface area is 130 Å². The third kappa shape index (κ3) is 4.38. The maximum absolute atomic E-state index is 11.7. The lowest BCUT2D eigenvalue weighted by atomic mass is 10.1. The summed E-state index contributed by atoms with van der Waals surface area (Å²) in [6.45, 7) is 0. The summed E-state index contributed by atoms with van der Waals surface area (Å²) < 4.78 is 5.04. The first kappa shape index (κ1) is 15.6. The molecule has 0 aliphatic heterocycles. The van der Waals surface area contributed by atoms with Gasteiger partial charge < -0.3 is 4.74 Å². The van der Waals surface area contributed by atoms with Crippen LogP contribution >= 0.6 is 11.3 Å². The van der Waals surface area contributed by atoms with E-state index in [0.29, 0.717) is 4.88 Å². The average molecular weight is 319 g/mol. The molecule has 1 N–H and O–H groups in total. The molecule has 22 heavy (non-hydrogen) atoms. The van der Waals surface area contributed by atoms with Crippen LogP contribution < -0.4 is 10.2 Å². The standard InChI is InChI=1S/C14H13N3O4S/c1-21-11-4-2-10(3-5-11)8-13(18)16-15-9-12-6-7-14(22-12)17(19)20/h2-7,9H,8H2,1H3,(H,16,18). The van der Waals surface area contributed by atoms with E-state index in [1.54, 1.807) is 37.4 Å². The highest BCUT2D eigenvalue weighted by atomic mass is 32.1. The molecule has 1 heterocycles. The fourth-order valence-corrected chi connectivity index (χ4v) is 2.34. The van der Waals surface area contributed by atoms with Gasteiger partial charge in [0.05, 0.1) is 29.5 Å². The van der Waals surface area contributed by atoms with E-state index in [1.807, 2.05) is 0 Å². The highest BCUT2D eigenvalue weighted by Crippen LogP contribution is 2.22. The lowest BCUT2D eigenvalue weighted by Gasteiger charge is -2.02. The summed E-state index contributed by atoms with van der Waals surface area (Å²) in [4.78, 5) is 22.4. The summed E-state index contributed by atoms with van der Waals surface area (Å²) in [5.74, 6) is 0.453. The molecule has 0 unspecified atom stereocenters. The number of carbonyl (C=O) groups excluding carboxylic acids is 1. The molecule has 0 radical (unpaired) electrons. The number of benzene rings is 1. The molecule has 0 saturated carbocycles. The summed E-state index contributed by atoms with van der Waals surface area (Å²) >= 11 is 0.987. The summed E-state index contributed by atoms with van der Waals surface area (Å²) in [6, 6.07) is 10.1. The third-order valence-corrected chi connectivity index (χ3v) is 3.67. The second-order valence-electron chi connectivity index (χ2n) is 4.25. The smallest absolute Gasteiger partial charge is 0.324 e. The van der Waals surface area contributed by atoms with Crippen LogP contribution in [-0.2, 0) is 11.2 Å². The number of hydrogen-bond donors (Lipinski definition) is 1. The number of thiophene rings is 1. The Kier molecular flexibility index (Phi) is 5.21. The Balaban J connectivity index is 1.85. The Morgan fingerprint density at radius 2 is 2.09 bits per heavy atom. The van der Waals surface area contributed by atoms with Crippen molar-refractivity contribution in [2.45, 2.75) is 6.42 Å². The molecule has 7 nitrogen and oxygen atoms in total. The lowest BCUT2D eigenvalue weighted by Crippen LogP contribution is -2.19. The zero-order valence-corrected chi connectivity index (χ0v) is 12.5. The Bertz CT molecular complexity index is 694. The number of hydrogen-bond acceptors (Lipinski definition) is 6. The fourth-order valence-electron chi connectivity index (χ4n) is 1.65. The largest absolute Gasteiger partial charge is 0.497 e. The van der Waals surface area contributed by atoms with Crippen LogP contribution in [0.3, 0.4) is 0 Å². The molecule has 0 bridgehead atoms. The van der Waals surface area contributed by atoms with Crippen molar-refractivity contribution in [2.24, 2.45) is 5.10 Å². The van der Waals surface area contributed by atoms with E-state index in [2.05, 4.69) is 10.5 Å². The number of hydrazone groups is 1. The normalized spacial score (nSPS) is 10.6. The van der Waals surface area contributed by atoms with Crippen molar-refractivity contribution in [2.75, 3.05) is 7.11 Å². The quantitative estimate of drug-likeness (QED) is 0.502. The fraction of sp³-hybridized carbons (Fsp3) is 0.143. The highest BCUT2D eigenvalue weighted by Gasteiger charge is 2.08. The second kappa shape index (κ2) is 7.32. The lowest BCUT2D eigenvalue weighted by molar-refractivity contribution is -0.380. The minimum Gasteiger partial charge on any atom is -0.497 e. The molecule has 0 aliphatic rings. The minimum atomic E-state index is -0.468. The summed E-state index contributed by atoms with van der Waals surface area (Å²) in [6.07, 6.45) is 1.56. The number of ether oxygens (including phenoxy) is 1. The molecule has 1 amide bonds. The van der Waals surface area contributed by atoms with Crippen LogP contribution in [-0.4, -0.2) is 24.2 Å². The van der Waals surface area contributed by atoms with E-state index in [4.69, 9.17) is 4.74 Å². The summed E-state index contributed by atoms with van der Waals surface area (Å²) in [5.41, 5.74) is 3.22. The van der Waals surface area contributed by atoms with Gasteiger partial charge in [0, 0.05) is 6.07 Å². The maximum atomic E-state index is 11.7. The van der Waals surface area contributed by atoms with Gasteiger partial charge in [0.15, 0.2) is 0 Å². The average Bonchev–Trinajstić information content (AvgIpc) is 2.97. The zero-order chi connectivity index (χ0) is 15.9. The first-order valence-corrected chi connectivity index (χ1v) is 7.09. The van der Waals surface area contributed by atoms with E-state index in [0.717, 1.165) is 22.6 Å². The van der Waals surface area contributed by atoms with Crippen LogP contribution in [0.15, 0.2) is 41.5 Å².